The van der Waals surface area contributed by atoms with Gasteiger partial charge in [-0.05, 0) is 62.4 Å². The monoisotopic (exact) mass is 444 g/mol. The molecule has 2 unspecified atom stereocenters. The van der Waals surface area contributed by atoms with Crippen LogP contribution in [-0.4, -0.2) is 35.4 Å². The van der Waals surface area contributed by atoms with E-state index < -0.39 is 6.04 Å². The molecule has 6 heteroatoms. The molecule has 0 radical (unpaired) electrons. The summed E-state index contributed by atoms with van der Waals surface area (Å²) in [6, 6.07) is 12.7. The summed E-state index contributed by atoms with van der Waals surface area (Å²) in [5.41, 5.74) is 2.80. The summed E-state index contributed by atoms with van der Waals surface area (Å²) in [6.07, 6.45) is 1.30. The van der Waals surface area contributed by atoms with Gasteiger partial charge in [-0.1, -0.05) is 55.8 Å². The Kier molecular flexibility index (Phi) is 9.38. The highest BCUT2D eigenvalue weighted by atomic mass is 35.5. The highest BCUT2D eigenvalue weighted by Gasteiger charge is 2.30. The molecule has 2 atom stereocenters. The molecule has 5 nitrogen and oxygen atoms in total. The van der Waals surface area contributed by atoms with Crippen LogP contribution < -0.4 is 10.1 Å². The molecule has 0 aliphatic carbocycles. The Bertz CT molecular complexity index is 900. The largest absolute Gasteiger partial charge is 0.483 e. The summed E-state index contributed by atoms with van der Waals surface area (Å²) >= 11 is 6.35. The summed E-state index contributed by atoms with van der Waals surface area (Å²) in [5, 5.41) is 3.56. The fourth-order valence-corrected chi connectivity index (χ4v) is 3.45. The second kappa shape index (κ2) is 11.8. The topological polar surface area (TPSA) is 58.6 Å². The third-order valence-electron chi connectivity index (χ3n) is 5.38. The Balaban J connectivity index is 2.26. The van der Waals surface area contributed by atoms with E-state index in [0.717, 1.165) is 23.1 Å². The predicted molar refractivity (Wildman–Crippen MR) is 125 cm³/mol. The van der Waals surface area contributed by atoms with Gasteiger partial charge in [-0.2, -0.15) is 0 Å². The zero-order valence-electron chi connectivity index (χ0n) is 19.1. The van der Waals surface area contributed by atoms with Crippen molar-refractivity contribution in [2.45, 2.75) is 66.1 Å². The number of nitrogens with one attached hydrogen (secondary N) is 1. The maximum Gasteiger partial charge on any atom is 0.261 e. The third kappa shape index (κ3) is 7.00. The van der Waals surface area contributed by atoms with Crippen LogP contribution in [-0.2, 0) is 16.1 Å². The molecule has 0 spiro atoms. The molecule has 0 aromatic heterocycles. The van der Waals surface area contributed by atoms with Gasteiger partial charge in [0, 0.05) is 17.6 Å². The van der Waals surface area contributed by atoms with E-state index in [4.69, 9.17) is 16.3 Å². The SMILES string of the molecule is CCC(C)NC(=O)C(CC)N(Cc1ccccc1Cl)C(=O)COc1cc(C)ccc1C. The number of carbonyl (C=O) groups is 2. The van der Waals surface area contributed by atoms with Crippen molar-refractivity contribution in [3.05, 3.63) is 64.2 Å². The van der Waals surface area contributed by atoms with E-state index in [1.165, 1.54) is 0 Å². The molecule has 2 rings (SSSR count). The highest BCUT2D eigenvalue weighted by Crippen LogP contribution is 2.22. The van der Waals surface area contributed by atoms with Crippen molar-refractivity contribution in [1.82, 2.24) is 10.2 Å². The number of aryl methyl sites for hydroxylation is 2. The van der Waals surface area contributed by atoms with Gasteiger partial charge in [0.25, 0.3) is 5.91 Å². The quantitative estimate of drug-likeness (QED) is 0.557. The van der Waals surface area contributed by atoms with E-state index >= 15 is 0 Å². The van der Waals surface area contributed by atoms with Gasteiger partial charge in [-0.25, -0.2) is 0 Å². The molecule has 0 aliphatic heterocycles. The number of carbonyl (C=O) groups excluding carboxylic acids is 2. The van der Waals surface area contributed by atoms with Gasteiger partial charge < -0.3 is 15.0 Å². The molecule has 2 aromatic rings. The zero-order valence-corrected chi connectivity index (χ0v) is 19.8. The molecule has 2 aromatic carbocycles. The smallest absolute Gasteiger partial charge is 0.261 e. The van der Waals surface area contributed by atoms with E-state index in [0.29, 0.717) is 17.2 Å². The summed E-state index contributed by atoms with van der Waals surface area (Å²) < 4.78 is 5.85. The Morgan fingerprint density at radius 1 is 1.10 bits per heavy atom. The van der Waals surface area contributed by atoms with Crippen molar-refractivity contribution in [3.8, 4) is 5.75 Å². The lowest BCUT2D eigenvalue weighted by atomic mass is 10.1. The minimum Gasteiger partial charge on any atom is -0.483 e. The van der Waals surface area contributed by atoms with Crippen LogP contribution in [0.15, 0.2) is 42.5 Å². The van der Waals surface area contributed by atoms with E-state index in [2.05, 4.69) is 5.32 Å². The van der Waals surface area contributed by atoms with Crippen molar-refractivity contribution >= 4 is 23.4 Å². The van der Waals surface area contributed by atoms with Crippen LogP contribution in [0.5, 0.6) is 5.75 Å². The highest BCUT2D eigenvalue weighted by molar-refractivity contribution is 6.31. The number of halogens is 1. The number of ether oxygens (including phenoxy) is 1. The molecule has 0 heterocycles. The molecule has 0 saturated heterocycles. The molecular formula is C25H33ClN2O3. The molecule has 0 bridgehead atoms. The maximum atomic E-state index is 13.3. The zero-order chi connectivity index (χ0) is 23.0. The number of hydrogen-bond acceptors (Lipinski definition) is 3. The minimum atomic E-state index is -0.611. The number of amides is 2. The Morgan fingerprint density at radius 2 is 1.81 bits per heavy atom. The Hall–Kier alpha value is -2.53. The van der Waals surface area contributed by atoms with Crippen LogP contribution in [0.2, 0.25) is 5.02 Å². The van der Waals surface area contributed by atoms with Gasteiger partial charge >= 0.3 is 0 Å². The van der Waals surface area contributed by atoms with Crippen LogP contribution in [0.1, 0.15) is 50.3 Å². The van der Waals surface area contributed by atoms with Crippen molar-refractivity contribution in [2.75, 3.05) is 6.61 Å². The average molecular weight is 445 g/mol. The molecular weight excluding hydrogens is 412 g/mol. The molecule has 0 aliphatic rings. The number of benzene rings is 2. The average Bonchev–Trinajstić information content (AvgIpc) is 2.75. The Labute approximate surface area is 190 Å². The molecule has 1 N–H and O–H groups in total. The van der Waals surface area contributed by atoms with Gasteiger partial charge in [0.15, 0.2) is 6.61 Å². The number of rotatable bonds is 10. The van der Waals surface area contributed by atoms with Crippen molar-refractivity contribution < 1.29 is 14.3 Å². The molecule has 31 heavy (non-hydrogen) atoms. The summed E-state index contributed by atoms with van der Waals surface area (Å²) in [6.45, 7) is 9.87. The third-order valence-corrected chi connectivity index (χ3v) is 5.75. The van der Waals surface area contributed by atoms with Crippen LogP contribution in [0.4, 0.5) is 0 Å². The fourth-order valence-electron chi connectivity index (χ4n) is 3.26. The van der Waals surface area contributed by atoms with E-state index in [9.17, 15) is 9.59 Å². The standard InChI is InChI=1S/C25H33ClN2O3/c1-6-19(5)27-25(30)22(7-2)28(15-20-10-8-9-11-21(20)26)24(29)16-31-23-14-17(3)12-13-18(23)4/h8-14,19,22H,6-7,15-16H2,1-5H3,(H,27,30). The molecule has 2 amide bonds. The minimum absolute atomic E-state index is 0.0324. The van der Waals surface area contributed by atoms with E-state index in [1.807, 2.05) is 71.0 Å². The first-order valence-corrected chi connectivity index (χ1v) is 11.2. The summed E-state index contributed by atoms with van der Waals surface area (Å²) in [7, 11) is 0. The van der Waals surface area contributed by atoms with Gasteiger partial charge in [0.1, 0.15) is 11.8 Å². The summed E-state index contributed by atoms with van der Waals surface area (Å²) in [4.78, 5) is 27.8. The first kappa shape index (κ1) is 24.7. The Morgan fingerprint density at radius 3 is 2.45 bits per heavy atom. The molecule has 0 fully saturated rings. The van der Waals surface area contributed by atoms with Gasteiger partial charge in [0.2, 0.25) is 5.91 Å². The van der Waals surface area contributed by atoms with Crippen LogP contribution in [0.3, 0.4) is 0 Å². The van der Waals surface area contributed by atoms with Gasteiger partial charge in [-0.3, -0.25) is 9.59 Å². The van der Waals surface area contributed by atoms with Crippen molar-refractivity contribution in [1.29, 1.82) is 0 Å². The summed E-state index contributed by atoms with van der Waals surface area (Å²) in [5.74, 6) is 0.249. The van der Waals surface area contributed by atoms with Crippen molar-refractivity contribution in [3.63, 3.8) is 0 Å². The second-order valence-electron chi connectivity index (χ2n) is 7.91. The van der Waals surface area contributed by atoms with Gasteiger partial charge in [0.05, 0.1) is 0 Å². The lowest BCUT2D eigenvalue weighted by Crippen LogP contribution is -2.51. The first-order valence-electron chi connectivity index (χ1n) is 10.8. The lowest BCUT2D eigenvalue weighted by Gasteiger charge is -2.31. The van der Waals surface area contributed by atoms with Crippen molar-refractivity contribution in [2.24, 2.45) is 0 Å². The molecule has 168 valence electrons. The second-order valence-corrected chi connectivity index (χ2v) is 8.32. The number of nitrogens with zero attached hydrogens (tertiary/aromatic N) is 1. The first-order chi connectivity index (χ1) is 14.8. The van der Waals surface area contributed by atoms with Crippen LogP contribution in [0, 0.1) is 13.8 Å². The van der Waals surface area contributed by atoms with E-state index in [-0.39, 0.29) is 31.0 Å². The van der Waals surface area contributed by atoms with E-state index in [1.54, 1.807) is 11.0 Å². The predicted octanol–water partition coefficient (Wildman–Crippen LogP) is 5.06. The van der Waals surface area contributed by atoms with Crippen LogP contribution >= 0.6 is 11.6 Å². The fraction of sp³-hybridized carbons (Fsp3) is 0.440. The number of hydrogen-bond donors (Lipinski definition) is 1. The van der Waals surface area contributed by atoms with Gasteiger partial charge in [-0.15, -0.1) is 0 Å². The molecule has 0 saturated carbocycles. The lowest BCUT2D eigenvalue weighted by molar-refractivity contribution is -0.143. The van der Waals surface area contributed by atoms with Crippen LogP contribution in [0.25, 0.3) is 0 Å². The maximum absolute atomic E-state index is 13.3. The normalized spacial score (nSPS) is 12.7.